The molecule has 2 rings (SSSR count). The van der Waals surface area contributed by atoms with Crippen molar-refractivity contribution in [3.8, 4) is 5.19 Å². The molecule has 0 radical (unpaired) electrons. The van der Waals surface area contributed by atoms with Crippen molar-refractivity contribution in [2.45, 2.75) is 12.8 Å². The predicted octanol–water partition coefficient (Wildman–Crippen LogP) is 1.54. The molecule has 0 atom stereocenters. The minimum atomic E-state index is 0.327. The number of ether oxygens (including phenoxy) is 1. The van der Waals surface area contributed by atoms with E-state index in [1.807, 2.05) is 5.38 Å². The third-order valence-electron chi connectivity index (χ3n) is 2.44. The van der Waals surface area contributed by atoms with Crippen molar-refractivity contribution in [1.29, 1.82) is 0 Å². The molecule has 1 N–H and O–H groups in total. The van der Waals surface area contributed by atoms with Crippen LogP contribution in [0.4, 0.5) is 0 Å². The van der Waals surface area contributed by atoms with Gasteiger partial charge in [-0.2, -0.15) is 0 Å². The fourth-order valence-corrected chi connectivity index (χ4v) is 2.13. The topological polar surface area (TPSA) is 42.4 Å². The van der Waals surface area contributed by atoms with Crippen molar-refractivity contribution in [1.82, 2.24) is 4.98 Å². The number of rotatable bonds is 4. The summed E-state index contributed by atoms with van der Waals surface area (Å²) in [5.41, 5.74) is 0. The van der Waals surface area contributed by atoms with Crippen LogP contribution in [0, 0.1) is 11.8 Å². The van der Waals surface area contributed by atoms with E-state index in [0.717, 1.165) is 24.6 Å². The van der Waals surface area contributed by atoms with Gasteiger partial charge in [-0.25, -0.2) is 4.98 Å². The van der Waals surface area contributed by atoms with E-state index in [2.05, 4.69) is 4.98 Å². The molecule has 72 valence electrons. The number of thiazole rings is 1. The van der Waals surface area contributed by atoms with E-state index in [0.29, 0.717) is 18.4 Å². The van der Waals surface area contributed by atoms with Crippen molar-refractivity contribution < 1.29 is 9.84 Å². The van der Waals surface area contributed by atoms with Crippen LogP contribution in [0.2, 0.25) is 0 Å². The maximum absolute atomic E-state index is 8.80. The molecule has 0 aromatic carbocycles. The maximum Gasteiger partial charge on any atom is 0.273 e. The van der Waals surface area contributed by atoms with E-state index >= 15 is 0 Å². The van der Waals surface area contributed by atoms with Gasteiger partial charge in [-0.05, 0) is 24.7 Å². The smallest absolute Gasteiger partial charge is 0.273 e. The Labute approximate surface area is 81.4 Å². The lowest BCUT2D eigenvalue weighted by Crippen LogP contribution is -2.30. The molecule has 1 fully saturated rings. The Morgan fingerprint density at radius 3 is 3.00 bits per heavy atom. The highest BCUT2D eigenvalue weighted by molar-refractivity contribution is 7.11. The predicted molar refractivity (Wildman–Crippen MR) is 50.9 cm³/mol. The van der Waals surface area contributed by atoms with Gasteiger partial charge in [0.1, 0.15) is 0 Å². The van der Waals surface area contributed by atoms with Gasteiger partial charge in [0.2, 0.25) is 0 Å². The summed E-state index contributed by atoms with van der Waals surface area (Å²) in [7, 11) is 0. The summed E-state index contributed by atoms with van der Waals surface area (Å²) in [6.07, 6.45) is 3.95. The molecule has 0 saturated heterocycles. The van der Waals surface area contributed by atoms with Crippen molar-refractivity contribution in [2.24, 2.45) is 11.8 Å². The van der Waals surface area contributed by atoms with Crippen molar-refractivity contribution >= 4 is 11.3 Å². The van der Waals surface area contributed by atoms with Crippen LogP contribution in [-0.2, 0) is 0 Å². The molecule has 0 spiro atoms. The Morgan fingerprint density at radius 2 is 2.38 bits per heavy atom. The van der Waals surface area contributed by atoms with Crippen LogP contribution in [0.25, 0.3) is 0 Å². The lowest BCUT2D eigenvalue weighted by Gasteiger charge is -2.33. The van der Waals surface area contributed by atoms with Crippen molar-refractivity contribution in [2.75, 3.05) is 13.2 Å². The van der Waals surface area contributed by atoms with Crippen LogP contribution in [-0.4, -0.2) is 23.3 Å². The third kappa shape index (κ3) is 2.19. The van der Waals surface area contributed by atoms with Gasteiger partial charge in [0.25, 0.3) is 5.19 Å². The minimum Gasteiger partial charge on any atom is -0.470 e. The van der Waals surface area contributed by atoms with Gasteiger partial charge >= 0.3 is 0 Å². The number of aromatic nitrogens is 1. The van der Waals surface area contributed by atoms with Gasteiger partial charge in [-0.1, -0.05) is 11.3 Å². The molecular formula is C9H13NO2S. The molecular weight excluding hydrogens is 186 g/mol. The first-order chi connectivity index (χ1) is 6.38. The molecule has 0 amide bonds. The molecule has 4 heteroatoms. The zero-order chi connectivity index (χ0) is 9.10. The van der Waals surface area contributed by atoms with Crippen molar-refractivity contribution in [3.63, 3.8) is 0 Å². The standard InChI is InChI=1S/C9H13NO2S/c11-5-7-3-8(4-7)6-12-9-10-1-2-13-9/h1-2,7-8,11H,3-6H2. The van der Waals surface area contributed by atoms with E-state index < -0.39 is 0 Å². The Balaban J connectivity index is 1.65. The molecule has 3 nitrogen and oxygen atoms in total. The average Bonchev–Trinajstić information content (AvgIpc) is 2.54. The number of aliphatic hydroxyl groups excluding tert-OH is 1. The van der Waals surface area contributed by atoms with Crippen LogP contribution >= 0.6 is 11.3 Å². The van der Waals surface area contributed by atoms with Crippen LogP contribution in [0.5, 0.6) is 5.19 Å². The second-order valence-electron chi connectivity index (χ2n) is 3.50. The van der Waals surface area contributed by atoms with E-state index in [-0.39, 0.29) is 0 Å². The summed E-state index contributed by atoms with van der Waals surface area (Å²) in [6, 6.07) is 0. The summed E-state index contributed by atoms with van der Waals surface area (Å²) < 4.78 is 5.47. The zero-order valence-corrected chi connectivity index (χ0v) is 8.17. The highest BCUT2D eigenvalue weighted by Gasteiger charge is 2.28. The van der Waals surface area contributed by atoms with Crippen LogP contribution < -0.4 is 4.74 Å². The second kappa shape index (κ2) is 4.07. The normalized spacial score (nSPS) is 26.8. The zero-order valence-electron chi connectivity index (χ0n) is 7.35. The highest BCUT2D eigenvalue weighted by Crippen LogP contribution is 2.33. The summed E-state index contributed by atoms with van der Waals surface area (Å²) in [4.78, 5) is 4.03. The molecule has 13 heavy (non-hydrogen) atoms. The Kier molecular flexibility index (Phi) is 2.80. The molecule has 1 aliphatic rings. The monoisotopic (exact) mass is 199 g/mol. The summed E-state index contributed by atoms with van der Waals surface area (Å²) >= 11 is 1.52. The minimum absolute atomic E-state index is 0.327. The number of hydrogen-bond donors (Lipinski definition) is 1. The fraction of sp³-hybridized carbons (Fsp3) is 0.667. The van der Waals surface area contributed by atoms with E-state index in [1.165, 1.54) is 11.3 Å². The third-order valence-corrected chi connectivity index (χ3v) is 3.13. The summed E-state index contributed by atoms with van der Waals surface area (Å²) in [5, 5.41) is 11.5. The van der Waals surface area contributed by atoms with Gasteiger partial charge in [-0.15, -0.1) is 0 Å². The summed E-state index contributed by atoms with van der Waals surface area (Å²) in [6.45, 7) is 1.08. The Morgan fingerprint density at radius 1 is 1.54 bits per heavy atom. The highest BCUT2D eigenvalue weighted by atomic mass is 32.1. The van der Waals surface area contributed by atoms with Crippen LogP contribution in [0.3, 0.4) is 0 Å². The number of hydrogen-bond acceptors (Lipinski definition) is 4. The molecule has 1 saturated carbocycles. The number of nitrogens with zero attached hydrogens (tertiary/aromatic N) is 1. The average molecular weight is 199 g/mol. The molecule has 0 aliphatic heterocycles. The molecule has 1 heterocycles. The fourth-order valence-electron chi connectivity index (χ4n) is 1.63. The first-order valence-corrected chi connectivity index (χ1v) is 5.39. The van der Waals surface area contributed by atoms with Crippen molar-refractivity contribution in [3.05, 3.63) is 11.6 Å². The number of aliphatic hydroxyl groups is 1. The molecule has 1 aromatic rings. The SMILES string of the molecule is OCC1CC(COc2nccs2)C1. The summed E-state index contributed by atoms with van der Waals surface area (Å²) in [5.74, 6) is 1.14. The molecule has 0 unspecified atom stereocenters. The second-order valence-corrected chi connectivity index (χ2v) is 4.35. The largest absolute Gasteiger partial charge is 0.470 e. The first kappa shape index (κ1) is 8.97. The molecule has 1 aliphatic carbocycles. The maximum atomic E-state index is 8.80. The lowest BCUT2D eigenvalue weighted by molar-refractivity contribution is 0.0729. The van der Waals surface area contributed by atoms with Gasteiger partial charge in [0.05, 0.1) is 6.61 Å². The Hall–Kier alpha value is -0.610. The quantitative estimate of drug-likeness (QED) is 0.799. The van der Waals surface area contributed by atoms with Gasteiger partial charge in [0, 0.05) is 18.2 Å². The van der Waals surface area contributed by atoms with E-state index in [1.54, 1.807) is 6.20 Å². The lowest BCUT2D eigenvalue weighted by atomic mass is 9.76. The van der Waals surface area contributed by atoms with Gasteiger partial charge < -0.3 is 9.84 Å². The van der Waals surface area contributed by atoms with E-state index in [9.17, 15) is 0 Å². The van der Waals surface area contributed by atoms with Gasteiger partial charge in [0.15, 0.2) is 0 Å². The first-order valence-electron chi connectivity index (χ1n) is 4.51. The van der Waals surface area contributed by atoms with E-state index in [4.69, 9.17) is 9.84 Å². The van der Waals surface area contributed by atoms with Crippen LogP contribution in [0.1, 0.15) is 12.8 Å². The van der Waals surface area contributed by atoms with Crippen LogP contribution in [0.15, 0.2) is 11.6 Å². The Bertz CT molecular complexity index is 244. The van der Waals surface area contributed by atoms with Gasteiger partial charge in [-0.3, -0.25) is 0 Å². The molecule has 0 bridgehead atoms. The molecule has 1 aromatic heterocycles.